The van der Waals surface area contributed by atoms with E-state index in [2.05, 4.69) is 4.74 Å². The number of hydrogen-bond acceptors (Lipinski definition) is 12. The molecule has 0 radical (unpaired) electrons. The van der Waals surface area contributed by atoms with Crippen molar-refractivity contribution in [3.05, 3.63) is 0 Å². The zero-order valence-corrected chi connectivity index (χ0v) is 14.4. The Bertz CT molecular complexity index is 375. The van der Waals surface area contributed by atoms with Gasteiger partial charge in [0.2, 0.25) is 0 Å². The third-order valence-electron chi connectivity index (χ3n) is 4.19. The van der Waals surface area contributed by atoms with E-state index in [-0.39, 0.29) is 6.61 Å². The van der Waals surface area contributed by atoms with E-state index in [0.29, 0.717) is 0 Å². The minimum absolute atomic E-state index is 0.0598. The molecule has 2 aliphatic rings. The lowest BCUT2D eigenvalue weighted by atomic mass is 10.00. The van der Waals surface area contributed by atoms with Crippen LogP contribution >= 0.6 is 0 Å². The van der Waals surface area contributed by atoms with Crippen LogP contribution in [0.1, 0.15) is 0 Å². The molecule has 0 saturated carbocycles. The van der Waals surface area contributed by atoms with Gasteiger partial charge in [-0.3, -0.25) is 0 Å². The number of methoxy groups -OCH3 is 2. The SMILES string of the molecule is CO[C@H]1OC[C@@H](OC)[C@@H](O)[C@H](O)[C@@H]1O.OC[C@H]1OC(O)[C@@H](O)[C@@H](O)C1O. The maximum Gasteiger partial charge on any atom is 0.185 e. The predicted octanol–water partition coefficient (Wildman–Crippen LogP) is -5.13. The molecule has 0 aromatic carbocycles. The molecule has 0 aliphatic carbocycles. The van der Waals surface area contributed by atoms with E-state index in [1.165, 1.54) is 14.2 Å². The minimum atomic E-state index is -1.57. The summed E-state index contributed by atoms with van der Waals surface area (Å²) in [4.78, 5) is 0. The van der Waals surface area contributed by atoms with Crippen LogP contribution in [-0.2, 0) is 18.9 Å². The lowest BCUT2D eigenvalue weighted by molar-refractivity contribution is -0.286. The second-order valence-corrected chi connectivity index (χ2v) is 5.90. The van der Waals surface area contributed by atoms with E-state index in [1.807, 2.05) is 0 Å². The number of hydrogen-bond donors (Lipinski definition) is 8. The van der Waals surface area contributed by atoms with Crippen LogP contribution in [0.4, 0.5) is 0 Å². The van der Waals surface area contributed by atoms with Gasteiger partial charge in [-0.2, -0.15) is 0 Å². The number of aliphatic hydroxyl groups is 8. The van der Waals surface area contributed by atoms with Gasteiger partial charge in [0, 0.05) is 14.2 Å². The molecule has 156 valence electrons. The monoisotopic (exact) mass is 388 g/mol. The van der Waals surface area contributed by atoms with Crippen LogP contribution < -0.4 is 0 Å². The summed E-state index contributed by atoms with van der Waals surface area (Å²) in [6.07, 6.45) is -12.5. The van der Waals surface area contributed by atoms with Gasteiger partial charge in [0.05, 0.1) is 13.2 Å². The van der Waals surface area contributed by atoms with Crippen LogP contribution in [0, 0.1) is 0 Å². The quantitative estimate of drug-likeness (QED) is 0.229. The number of ether oxygens (including phenoxy) is 4. The lowest BCUT2D eigenvalue weighted by Crippen LogP contribution is -2.58. The zero-order valence-electron chi connectivity index (χ0n) is 14.4. The van der Waals surface area contributed by atoms with Crippen LogP contribution in [0.2, 0.25) is 0 Å². The molecule has 2 heterocycles. The van der Waals surface area contributed by atoms with Crippen molar-refractivity contribution in [2.45, 2.75) is 61.4 Å². The summed E-state index contributed by atoms with van der Waals surface area (Å²) < 4.78 is 19.4. The first-order chi connectivity index (χ1) is 12.2. The summed E-state index contributed by atoms with van der Waals surface area (Å²) in [7, 11) is 2.74. The molecule has 12 nitrogen and oxygen atoms in total. The normalized spacial score (nSPS) is 46.8. The highest BCUT2D eigenvalue weighted by molar-refractivity contribution is 4.88. The van der Waals surface area contributed by atoms with E-state index >= 15 is 0 Å². The van der Waals surface area contributed by atoms with Gasteiger partial charge in [0.1, 0.15) is 48.8 Å². The molecule has 0 spiro atoms. The van der Waals surface area contributed by atoms with E-state index in [9.17, 15) is 15.3 Å². The van der Waals surface area contributed by atoms with Gasteiger partial charge in [-0.1, -0.05) is 0 Å². The van der Waals surface area contributed by atoms with Crippen LogP contribution in [-0.4, -0.2) is 130 Å². The Balaban J connectivity index is 0.000000263. The molecule has 10 atom stereocenters. The van der Waals surface area contributed by atoms with E-state index in [4.69, 9.17) is 39.7 Å². The number of aliphatic hydroxyl groups excluding tert-OH is 8. The molecule has 0 amide bonds. The first kappa shape index (κ1) is 23.6. The molecule has 2 rings (SSSR count). The number of rotatable bonds is 3. The highest BCUT2D eigenvalue weighted by Gasteiger charge is 2.42. The van der Waals surface area contributed by atoms with Crippen molar-refractivity contribution < 1.29 is 59.8 Å². The smallest absolute Gasteiger partial charge is 0.185 e. The van der Waals surface area contributed by atoms with Gasteiger partial charge in [-0.25, -0.2) is 0 Å². The van der Waals surface area contributed by atoms with Crippen molar-refractivity contribution in [2.75, 3.05) is 27.4 Å². The molecule has 0 aromatic rings. The Labute approximate surface area is 149 Å². The first-order valence-electron chi connectivity index (χ1n) is 7.89. The fourth-order valence-corrected chi connectivity index (χ4v) is 2.47. The Morgan fingerprint density at radius 1 is 0.769 bits per heavy atom. The van der Waals surface area contributed by atoms with Crippen molar-refractivity contribution in [1.82, 2.24) is 0 Å². The molecule has 26 heavy (non-hydrogen) atoms. The molecule has 2 aliphatic heterocycles. The maximum absolute atomic E-state index is 9.53. The fraction of sp³-hybridized carbons (Fsp3) is 1.00. The Hall–Kier alpha value is -0.480. The van der Waals surface area contributed by atoms with Crippen molar-refractivity contribution in [3.63, 3.8) is 0 Å². The van der Waals surface area contributed by atoms with Crippen molar-refractivity contribution in [1.29, 1.82) is 0 Å². The average Bonchev–Trinajstić information content (AvgIpc) is 2.74. The average molecular weight is 388 g/mol. The van der Waals surface area contributed by atoms with Crippen LogP contribution in [0.5, 0.6) is 0 Å². The molecule has 2 fully saturated rings. The molecule has 0 bridgehead atoms. The molecule has 2 unspecified atom stereocenters. The van der Waals surface area contributed by atoms with Crippen molar-refractivity contribution >= 4 is 0 Å². The maximum atomic E-state index is 9.53. The summed E-state index contributed by atoms with van der Waals surface area (Å²) in [5, 5.41) is 73.2. The van der Waals surface area contributed by atoms with Crippen LogP contribution in [0.15, 0.2) is 0 Å². The van der Waals surface area contributed by atoms with Crippen molar-refractivity contribution in [2.24, 2.45) is 0 Å². The standard InChI is InChI=1S/C8H16O6.C6H12O6/c1-12-4-3-14-8(13-2)7(11)6(10)5(4)9;7-1-2-3(8)4(9)5(10)6(11)12-2/h4-11H,3H2,1-2H3;2-11H,1H2/t4-,5-,6+,7+,8+;2-,3?,4+,5+,6?/m11/s1. The molecule has 12 heteroatoms. The lowest BCUT2D eigenvalue weighted by Gasteiger charge is -2.37. The second-order valence-electron chi connectivity index (χ2n) is 5.90. The minimum Gasteiger partial charge on any atom is -0.394 e. The van der Waals surface area contributed by atoms with Crippen LogP contribution in [0.3, 0.4) is 0 Å². The summed E-state index contributed by atoms with van der Waals surface area (Å²) in [5.74, 6) is 0. The fourth-order valence-electron chi connectivity index (χ4n) is 2.47. The topological polar surface area (TPSA) is 199 Å². The Kier molecular flexibility index (Phi) is 9.74. The van der Waals surface area contributed by atoms with Crippen molar-refractivity contribution in [3.8, 4) is 0 Å². The summed E-state index contributed by atoms with van der Waals surface area (Å²) in [6.45, 7) is -0.466. The van der Waals surface area contributed by atoms with Gasteiger partial charge in [0.25, 0.3) is 0 Å². The van der Waals surface area contributed by atoms with E-state index < -0.39 is 68.0 Å². The third-order valence-corrected chi connectivity index (χ3v) is 4.19. The summed E-state index contributed by atoms with van der Waals surface area (Å²) in [6, 6.07) is 0. The summed E-state index contributed by atoms with van der Waals surface area (Å²) in [5.41, 5.74) is 0. The van der Waals surface area contributed by atoms with Gasteiger partial charge < -0.3 is 59.8 Å². The van der Waals surface area contributed by atoms with Gasteiger partial charge in [-0.15, -0.1) is 0 Å². The molecule has 0 aromatic heterocycles. The highest BCUT2D eigenvalue weighted by atomic mass is 16.7. The Morgan fingerprint density at radius 2 is 1.35 bits per heavy atom. The van der Waals surface area contributed by atoms with Gasteiger partial charge >= 0.3 is 0 Å². The van der Waals surface area contributed by atoms with Gasteiger partial charge in [-0.05, 0) is 0 Å². The Morgan fingerprint density at radius 3 is 1.85 bits per heavy atom. The second kappa shape index (κ2) is 10.8. The van der Waals surface area contributed by atoms with E-state index in [1.54, 1.807) is 0 Å². The zero-order chi connectivity index (χ0) is 20.0. The molecule has 2 saturated heterocycles. The first-order valence-corrected chi connectivity index (χ1v) is 7.89. The third kappa shape index (κ3) is 5.51. The molecular weight excluding hydrogens is 360 g/mol. The largest absolute Gasteiger partial charge is 0.394 e. The predicted molar refractivity (Wildman–Crippen MR) is 81.6 cm³/mol. The van der Waals surface area contributed by atoms with E-state index in [0.717, 1.165) is 0 Å². The summed E-state index contributed by atoms with van der Waals surface area (Å²) >= 11 is 0. The highest BCUT2D eigenvalue weighted by Crippen LogP contribution is 2.19. The molecule has 8 N–H and O–H groups in total. The van der Waals surface area contributed by atoms with Crippen LogP contribution in [0.25, 0.3) is 0 Å². The molecular formula is C14H28O12. The van der Waals surface area contributed by atoms with Gasteiger partial charge in [0.15, 0.2) is 12.6 Å².